The molecule has 1 aromatic heterocycles. The highest BCUT2D eigenvalue weighted by atomic mass is 32.1. The maximum Gasteiger partial charge on any atom is 0.163 e. The van der Waals surface area contributed by atoms with Gasteiger partial charge in [0.1, 0.15) is 13.2 Å². The molecule has 0 saturated carbocycles. The van der Waals surface area contributed by atoms with Crippen LogP contribution in [0.15, 0.2) is 29.6 Å². The van der Waals surface area contributed by atoms with E-state index in [2.05, 4.69) is 30.6 Å². The lowest BCUT2D eigenvalue weighted by molar-refractivity contribution is 0.171. The molecule has 3 nitrogen and oxygen atoms in total. The van der Waals surface area contributed by atoms with Gasteiger partial charge in [-0.1, -0.05) is 0 Å². The summed E-state index contributed by atoms with van der Waals surface area (Å²) in [5.74, 6) is 1.66. The Kier molecular flexibility index (Phi) is 3.34. The molecule has 0 bridgehead atoms. The molecule has 2 aromatic rings. The predicted octanol–water partition coefficient (Wildman–Crippen LogP) is 4.00. The summed E-state index contributed by atoms with van der Waals surface area (Å²) in [6.45, 7) is 5.57. The van der Waals surface area contributed by atoms with Crippen LogP contribution in [0.2, 0.25) is 0 Å². The second-order valence-electron chi connectivity index (χ2n) is 4.69. The molecule has 100 valence electrons. The molecule has 0 amide bonds. The van der Waals surface area contributed by atoms with Gasteiger partial charge in [-0.05, 0) is 43.0 Å². The van der Waals surface area contributed by atoms with Crippen molar-refractivity contribution in [1.29, 1.82) is 0 Å². The minimum absolute atomic E-state index is 0.294. The van der Waals surface area contributed by atoms with Crippen LogP contribution in [-0.2, 0) is 0 Å². The van der Waals surface area contributed by atoms with Crippen LogP contribution in [0.5, 0.6) is 11.5 Å². The van der Waals surface area contributed by atoms with Gasteiger partial charge in [0.05, 0.1) is 6.04 Å². The van der Waals surface area contributed by atoms with Gasteiger partial charge in [0, 0.05) is 16.6 Å². The van der Waals surface area contributed by atoms with Crippen LogP contribution >= 0.6 is 11.3 Å². The molecule has 1 atom stereocenters. The molecule has 1 N–H and O–H groups in total. The largest absolute Gasteiger partial charge is 0.486 e. The summed E-state index contributed by atoms with van der Waals surface area (Å²) in [7, 11) is 0. The first-order valence-corrected chi connectivity index (χ1v) is 7.32. The number of fused-ring (bicyclic) bond motifs is 1. The maximum atomic E-state index is 5.60. The van der Waals surface area contributed by atoms with Gasteiger partial charge in [-0.15, -0.1) is 11.3 Å². The van der Waals surface area contributed by atoms with E-state index in [-0.39, 0.29) is 0 Å². The van der Waals surface area contributed by atoms with E-state index >= 15 is 0 Å². The Bertz CT molecular complexity index is 579. The van der Waals surface area contributed by atoms with E-state index in [0.29, 0.717) is 19.3 Å². The smallest absolute Gasteiger partial charge is 0.163 e. The molecular weight excluding hydrogens is 258 g/mol. The molecule has 1 aliphatic heterocycles. The molecule has 19 heavy (non-hydrogen) atoms. The van der Waals surface area contributed by atoms with Crippen LogP contribution in [0.25, 0.3) is 0 Å². The fourth-order valence-electron chi connectivity index (χ4n) is 2.28. The molecule has 4 heteroatoms. The third-order valence-corrected chi connectivity index (χ3v) is 4.42. The van der Waals surface area contributed by atoms with Gasteiger partial charge in [-0.3, -0.25) is 0 Å². The summed E-state index contributed by atoms with van der Waals surface area (Å²) in [4.78, 5) is 1.37. The zero-order valence-electron chi connectivity index (χ0n) is 11.1. The number of anilines is 1. The Hall–Kier alpha value is -1.68. The number of ether oxygens (including phenoxy) is 2. The molecule has 0 fully saturated rings. The fourth-order valence-corrected chi connectivity index (χ4v) is 3.21. The molecule has 1 aromatic carbocycles. The molecule has 3 rings (SSSR count). The van der Waals surface area contributed by atoms with Gasteiger partial charge in [0.2, 0.25) is 0 Å². The summed E-state index contributed by atoms with van der Waals surface area (Å²) >= 11 is 1.79. The van der Waals surface area contributed by atoms with Crippen LogP contribution in [0.4, 0.5) is 5.69 Å². The monoisotopic (exact) mass is 275 g/mol. The third kappa shape index (κ3) is 2.54. The molecule has 2 heterocycles. The summed E-state index contributed by atoms with van der Waals surface area (Å²) in [5, 5.41) is 5.64. The van der Waals surface area contributed by atoms with Gasteiger partial charge in [0.25, 0.3) is 0 Å². The molecular formula is C15H17NO2S. The standard InChI is InChI=1S/C15H17NO2S/c1-10-5-8-19-15(10)11(2)16-12-3-4-13-14(9-12)18-7-6-17-13/h3-5,8-9,11,16H,6-7H2,1-2H3. The number of hydrogen-bond donors (Lipinski definition) is 1. The van der Waals surface area contributed by atoms with E-state index < -0.39 is 0 Å². The van der Waals surface area contributed by atoms with Gasteiger partial charge >= 0.3 is 0 Å². The average molecular weight is 275 g/mol. The highest BCUT2D eigenvalue weighted by molar-refractivity contribution is 7.10. The van der Waals surface area contributed by atoms with Crippen molar-refractivity contribution in [3.8, 4) is 11.5 Å². The SMILES string of the molecule is Cc1ccsc1C(C)Nc1ccc2c(c1)OCCO2. The minimum Gasteiger partial charge on any atom is -0.486 e. The molecule has 1 aliphatic rings. The normalized spacial score (nSPS) is 15.1. The van der Waals surface area contributed by atoms with Crippen molar-refractivity contribution >= 4 is 17.0 Å². The minimum atomic E-state index is 0.294. The average Bonchev–Trinajstić information content (AvgIpc) is 2.85. The van der Waals surface area contributed by atoms with Crippen molar-refractivity contribution in [2.75, 3.05) is 18.5 Å². The van der Waals surface area contributed by atoms with E-state index in [1.807, 2.05) is 18.2 Å². The number of benzene rings is 1. The molecule has 0 radical (unpaired) electrons. The van der Waals surface area contributed by atoms with Crippen LogP contribution in [-0.4, -0.2) is 13.2 Å². The lowest BCUT2D eigenvalue weighted by Gasteiger charge is -2.20. The highest BCUT2D eigenvalue weighted by Gasteiger charge is 2.14. The first kappa shape index (κ1) is 12.4. The molecule has 1 unspecified atom stereocenters. The van der Waals surface area contributed by atoms with Gasteiger partial charge in [0.15, 0.2) is 11.5 Å². The van der Waals surface area contributed by atoms with Crippen molar-refractivity contribution in [3.05, 3.63) is 40.1 Å². The van der Waals surface area contributed by atoms with E-state index in [9.17, 15) is 0 Å². The van der Waals surface area contributed by atoms with Crippen molar-refractivity contribution < 1.29 is 9.47 Å². The van der Waals surface area contributed by atoms with Crippen LogP contribution in [0.1, 0.15) is 23.4 Å². The zero-order valence-corrected chi connectivity index (χ0v) is 11.9. The lowest BCUT2D eigenvalue weighted by Crippen LogP contribution is -2.15. The Morgan fingerprint density at radius 1 is 1.16 bits per heavy atom. The molecule has 0 saturated heterocycles. The van der Waals surface area contributed by atoms with Crippen molar-refractivity contribution in [2.45, 2.75) is 19.9 Å². The first-order valence-electron chi connectivity index (χ1n) is 6.44. The van der Waals surface area contributed by atoms with Gasteiger partial charge in [-0.25, -0.2) is 0 Å². The van der Waals surface area contributed by atoms with Crippen molar-refractivity contribution in [1.82, 2.24) is 0 Å². The summed E-state index contributed by atoms with van der Waals surface area (Å²) in [5.41, 5.74) is 2.40. The number of nitrogens with one attached hydrogen (secondary N) is 1. The summed E-state index contributed by atoms with van der Waals surface area (Å²) < 4.78 is 11.1. The molecule has 0 spiro atoms. The topological polar surface area (TPSA) is 30.5 Å². The Morgan fingerprint density at radius 3 is 2.68 bits per heavy atom. The number of rotatable bonds is 3. The molecule has 0 aliphatic carbocycles. The first-order chi connectivity index (χ1) is 9.24. The second-order valence-corrected chi connectivity index (χ2v) is 5.64. The summed E-state index contributed by atoms with van der Waals surface area (Å²) in [6.07, 6.45) is 0. The van der Waals surface area contributed by atoms with E-state index in [0.717, 1.165) is 17.2 Å². The third-order valence-electron chi connectivity index (χ3n) is 3.22. The van der Waals surface area contributed by atoms with Crippen molar-refractivity contribution in [2.24, 2.45) is 0 Å². The predicted molar refractivity (Wildman–Crippen MR) is 78.5 cm³/mol. The Morgan fingerprint density at radius 2 is 1.95 bits per heavy atom. The Labute approximate surface area is 117 Å². The Balaban J connectivity index is 1.78. The van der Waals surface area contributed by atoms with Crippen molar-refractivity contribution in [3.63, 3.8) is 0 Å². The van der Waals surface area contributed by atoms with E-state index in [1.165, 1.54) is 10.4 Å². The van der Waals surface area contributed by atoms with Crippen LogP contribution < -0.4 is 14.8 Å². The number of aryl methyl sites for hydroxylation is 1. The van der Waals surface area contributed by atoms with Crippen LogP contribution in [0, 0.1) is 6.92 Å². The fraction of sp³-hybridized carbons (Fsp3) is 0.333. The highest BCUT2D eigenvalue weighted by Crippen LogP contribution is 2.34. The van der Waals surface area contributed by atoms with E-state index in [4.69, 9.17) is 9.47 Å². The number of thiophene rings is 1. The number of hydrogen-bond acceptors (Lipinski definition) is 4. The van der Waals surface area contributed by atoms with E-state index in [1.54, 1.807) is 11.3 Å². The lowest BCUT2D eigenvalue weighted by atomic mass is 10.1. The van der Waals surface area contributed by atoms with Gasteiger partial charge < -0.3 is 14.8 Å². The summed E-state index contributed by atoms with van der Waals surface area (Å²) in [6, 6.07) is 8.45. The quantitative estimate of drug-likeness (QED) is 0.918. The maximum absolute atomic E-state index is 5.60. The van der Waals surface area contributed by atoms with Crippen LogP contribution in [0.3, 0.4) is 0 Å². The van der Waals surface area contributed by atoms with Gasteiger partial charge in [-0.2, -0.15) is 0 Å². The zero-order chi connectivity index (χ0) is 13.2. The second kappa shape index (κ2) is 5.13.